The summed E-state index contributed by atoms with van der Waals surface area (Å²) in [4.78, 5) is 79.3. The van der Waals surface area contributed by atoms with E-state index in [2.05, 4.69) is 60.9 Å². The number of methoxy groups -OCH3 is 2. The van der Waals surface area contributed by atoms with Crippen LogP contribution < -0.4 is 34.3 Å². The first-order valence-electron chi connectivity index (χ1n) is 34.2. The number of non-ortho nitro benzene ring substituents is 1. The molecule has 4 heterocycles. The number of nitro groups is 1. The molecule has 1 saturated heterocycles. The summed E-state index contributed by atoms with van der Waals surface area (Å²) in [7, 11) is 1.41. The molecule has 23 nitrogen and oxygen atoms in total. The molecule has 104 heavy (non-hydrogen) atoms. The van der Waals surface area contributed by atoms with Gasteiger partial charge in [-0.15, -0.1) is 0 Å². The van der Waals surface area contributed by atoms with Crippen LogP contribution in [0.1, 0.15) is 154 Å². The molecule has 2 N–H and O–H groups in total. The molecule has 4 unspecified atom stereocenters. The lowest BCUT2D eigenvalue weighted by Gasteiger charge is -2.39. The van der Waals surface area contributed by atoms with Crippen LogP contribution in [0.15, 0.2) is 158 Å². The monoisotopic (exact) mass is 1430 g/mol. The molecule has 8 aromatic rings. The summed E-state index contributed by atoms with van der Waals surface area (Å²) in [6.45, 7) is 18.4. The highest BCUT2D eigenvalue weighted by Gasteiger charge is 2.54. The lowest BCUT2D eigenvalue weighted by Crippen LogP contribution is -2.39. The quantitative estimate of drug-likeness (QED) is 0.00786. The Hall–Kier alpha value is -10.5. The first-order chi connectivity index (χ1) is 49.7. The number of carbonyl (C=O) groups is 5. The van der Waals surface area contributed by atoms with Gasteiger partial charge < -0.3 is 62.1 Å². The number of nitrogens with one attached hydrogen (secondary N) is 2. The Morgan fingerprint density at radius 1 is 0.740 bits per heavy atom. The Kier molecular flexibility index (Phi) is 22.4. The van der Waals surface area contributed by atoms with Crippen LogP contribution in [0.2, 0.25) is 0 Å². The summed E-state index contributed by atoms with van der Waals surface area (Å²) in [5, 5.41) is 28.0. The van der Waals surface area contributed by atoms with Gasteiger partial charge in [-0.25, -0.2) is 9.46 Å². The molecule has 3 aliphatic heterocycles. The van der Waals surface area contributed by atoms with Crippen molar-refractivity contribution in [2.45, 2.75) is 130 Å². The number of hydrogen-bond donors (Lipinski definition) is 2. The lowest BCUT2D eigenvalue weighted by atomic mass is 9.77. The minimum Gasteiger partial charge on any atom is -0.497 e. The van der Waals surface area contributed by atoms with E-state index in [4.69, 9.17) is 46.9 Å². The maximum absolute atomic E-state index is 14.1. The average Bonchev–Trinajstić information content (AvgIpc) is 1.47. The summed E-state index contributed by atoms with van der Waals surface area (Å²) in [6, 6.07) is 45.9. The summed E-state index contributed by atoms with van der Waals surface area (Å²) in [5.41, 5.74) is 0.0962. The summed E-state index contributed by atoms with van der Waals surface area (Å²) < 4.78 is 67.7. The normalized spacial score (nSPS) is 16.1. The van der Waals surface area contributed by atoms with E-state index in [-0.39, 0.29) is 97.5 Å². The smallest absolute Gasteiger partial charge is 0.340 e. The van der Waals surface area contributed by atoms with Crippen LogP contribution in [0.3, 0.4) is 0 Å². The van der Waals surface area contributed by atoms with E-state index in [1.165, 1.54) is 36.4 Å². The molecular weight excluding hydrogens is 1350 g/mol. The Labute approximate surface area is 605 Å². The van der Waals surface area contributed by atoms with Crippen molar-refractivity contribution < 1.29 is 75.8 Å². The van der Waals surface area contributed by atoms with Gasteiger partial charge in [-0.05, 0) is 153 Å². The molecule has 1 spiro atoms. The number of hydrogen-bond acceptors (Lipinski definition) is 19. The molecule has 1 aromatic heterocycles. The fraction of sp³-hybridized carbons (Fsp3) is 0.350. The van der Waals surface area contributed by atoms with Crippen LogP contribution in [-0.4, -0.2) is 109 Å². The van der Waals surface area contributed by atoms with E-state index in [0.717, 1.165) is 16.7 Å². The Balaban J connectivity index is 0.824. The standard InChI is InChI=1S/C80H83N6O17P/c1-49(2)85(50(3)4)104(97-41-17-38-81)103-69-46-72(101-70(69)48-96-79(53-19-14-13-15-20-53,54-22-27-57(94-11)28-23-54)55-24-29-58(95-12)30-25-55)84-47-52(61-43-56(86(92)93)26-36-66(61)84)18-16-39-82-71(87)37-40-83-73(88)51-21-33-63-62(42-51)74(89)102-80(63)64-34-31-59(98-75(90)77(5,6)7)44-67(64)100-68-45-60(32-35-65(68)80)99-76(91)78(8,9)10/h13-15,19-36,42-45,47,49-50,69-70,72H,17,37,39-41,46,48H2,1-12H3,(H,82,87)(H,83,88). The van der Waals surface area contributed by atoms with E-state index in [1.807, 2.05) is 83.4 Å². The third-order valence-corrected chi connectivity index (χ3v) is 20.1. The molecular formula is C80H83N6O17P. The van der Waals surface area contributed by atoms with Gasteiger partial charge in [0, 0.05) is 89.6 Å². The molecule has 0 bridgehead atoms. The largest absolute Gasteiger partial charge is 0.497 e. The predicted molar refractivity (Wildman–Crippen MR) is 387 cm³/mol. The number of nitriles is 1. The van der Waals surface area contributed by atoms with Crippen LogP contribution in [0.5, 0.6) is 34.5 Å². The molecule has 0 aliphatic carbocycles. The maximum atomic E-state index is 14.1. The summed E-state index contributed by atoms with van der Waals surface area (Å²) >= 11 is 0. The van der Waals surface area contributed by atoms with Crippen molar-refractivity contribution >= 4 is 54.8 Å². The van der Waals surface area contributed by atoms with Gasteiger partial charge in [-0.2, -0.15) is 5.26 Å². The third kappa shape index (κ3) is 15.7. The average molecular weight is 1430 g/mol. The molecule has 0 saturated carbocycles. The zero-order valence-electron chi connectivity index (χ0n) is 60.0. The summed E-state index contributed by atoms with van der Waals surface area (Å²) in [5.74, 6) is 5.44. The van der Waals surface area contributed by atoms with E-state index < -0.39 is 83.6 Å². The van der Waals surface area contributed by atoms with Crippen LogP contribution in [0.4, 0.5) is 5.69 Å². The van der Waals surface area contributed by atoms with Crippen LogP contribution in [-0.2, 0) is 48.8 Å². The zero-order valence-corrected chi connectivity index (χ0v) is 60.9. The van der Waals surface area contributed by atoms with Gasteiger partial charge in [0.05, 0.1) is 85.0 Å². The number of aromatic nitrogens is 1. The van der Waals surface area contributed by atoms with Crippen molar-refractivity contribution in [1.29, 1.82) is 5.26 Å². The van der Waals surface area contributed by atoms with Crippen LogP contribution >= 0.6 is 8.53 Å². The van der Waals surface area contributed by atoms with Crippen LogP contribution in [0, 0.1) is 44.1 Å². The second kappa shape index (κ2) is 31.2. The second-order valence-corrected chi connectivity index (χ2v) is 29.3. The molecule has 4 atom stereocenters. The van der Waals surface area contributed by atoms with Crippen molar-refractivity contribution in [2.75, 3.05) is 40.5 Å². The molecule has 1 fully saturated rings. The second-order valence-electron chi connectivity index (χ2n) is 27.9. The number of fused-ring (bicyclic) bond motifs is 7. The van der Waals surface area contributed by atoms with Gasteiger partial charge in [0.25, 0.3) is 20.1 Å². The topological polar surface area (TPSA) is 277 Å². The first kappa shape index (κ1) is 74.7. The third-order valence-electron chi connectivity index (χ3n) is 17.9. The van der Waals surface area contributed by atoms with Gasteiger partial charge in [0.15, 0.2) is 5.60 Å². The number of ether oxygens (including phenoxy) is 8. The van der Waals surface area contributed by atoms with Crippen molar-refractivity contribution in [2.24, 2.45) is 10.8 Å². The van der Waals surface area contributed by atoms with Crippen molar-refractivity contribution in [3.8, 4) is 52.4 Å². The highest BCUT2D eigenvalue weighted by atomic mass is 31.2. The van der Waals surface area contributed by atoms with Crippen molar-refractivity contribution in [3.05, 3.63) is 218 Å². The Morgan fingerprint density at radius 2 is 1.32 bits per heavy atom. The molecule has 2 amide bonds. The van der Waals surface area contributed by atoms with E-state index in [1.54, 1.807) is 98.4 Å². The van der Waals surface area contributed by atoms with Gasteiger partial charge in [-0.3, -0.25) is 29.3 Å². The fourth-order valence-electron chi connectivity index (χ4n) is 12.8. The number of nitrogens with zero attached hydrogens (tertiary/aromatic N) is 4. The number of carbonyl (C=O) groups excluding carboxylic acids is 5. The Morgan fingerprint density at radius 3 is 1.88 bits per heavy atom. The van der Waals surface area contributed by atoms with E-state index in [9.17, 15) is 39.3 Å². The fourth-order valence-corrected chi connectivity index (χ4v) is 14.5. The number of esters is 3. The molecule has 3 aliphatic rings. The number of benzene rings is 7. The highest BCUT2D eigenvalue weighted by molar-refractivity contribution is 7.44. The predicted octanol–water partition coefficient (Wildman–Crippen LogP) is 14.3. The van der Waals surface area contributed by atoms with Crippen LogP contribution in [0.25, 0.3) is 10.9 Å². The highest BCUT2D eigenvalue weighted by Crippen LogP contribution is 2.58. The van der Waals surface area contributed by atoms with Gasteiger partial charge in [-0.1, -0.05) is 72.5 Å². The molecule has 540 valence electrons. The van der Waals surface area contributed by atoms with E-state index >= 15 is 0 Å². The molecule has 11 rings (SSSR count). The first-order valence-corrected chi connectivity index (χ1v) is 35.3. The van der Waals surface area contributed by atoms with Gasteiger partial charge >= 0.3 is 17.9 Å². The van der Waals surface area contributed by atoms with Gasteiger partial charge in [0.1, 0.15) is 52.4 Å². The zero-order chi connectivity index (χ0) is 74.4. The lowest BCUT2D eigenvalue weighted by molar-refractivity contribution is -0.384. The van der Waals surface area contributed by atoms with Gasteiger partial charge in [0.2, 0.25) is 5.91 Å². The molecule has 7 aromatic carbocycles. The summed E-state index contributed by atoms with van der Waals surface area (Å²) in [6.07, 6.45) is -0.220. The minimum absolute atomic E-state index is 0.0249. The van der Waals surface area contributed by atoms with E-state index in [0.29, 0.717) is 44.7 Å². The molecule has 24 heteroatoms. The number of rotatable bonds is 25. The SMILES string of the molecule is COc1ccc(C(OCC2OC(n3cc(C#CCNC(=O)CCNC(=O)c4ccc5c(c4)C(=O)OC54c5ccc(OC(=O)C(C)(C)C)cc5Oc5cc(OC(=O)C(C)(C)C)ccc54)c4cc([N+](=O)[O-])ccc43)CC2OP(OCCC#N)N(C(C)C)C(C)C)(c2ccccc2)c2ccc(OC)cc2)cc1. The van der Waals surface area contributed by atoms with Crippen molar-refractivity contribution in [1.82, 2.24) is 19.9 Å². The number of nitro benzene ring substituents is 1. The van der Waals surface area contributed by atoms with Crippen molar-refractivity contribution in [3.63, 3.8) is 0 Å². The maximum Gasteiger partial charge on any atom is 0.340 e. The molecule has 0 radical (unpaired) electrons. The minimum atomic E-state index is -1.80. The number of amides is 2. The Bertz CT molecular complexity index is 4530.